The number of nitrogens with one attached hydrogen (secondary N) is 6. The van der Waals surface area contributed by atoms with Crippen LogP contribution in [-0.4, -0.2) is 106 Å². The number of aromatic nitrogens is 1. The average Bonchev–Trinajstić information content (AvgIpc) is 3.56. The molecule has 0 saturated heterocycles. The van der Waals surface area contributed by atoms with Crippen LogP contribution in [0.4, 0.5) is 0 Å². The van der Waals surface area contributed by atoms with Gasteiger partial charge >= 0.3 is 5.97 Å². The van der Waals surface area contributed by atoms with E-state index in [1.807, 2.05) is 24.3 Å². The number of fused-ring (bicyclic) bond motifs is 1. The highest BCUT2D eigenvalue weighted by atomic mass is 32.1. The van der Waals surface area contributed by atoms with Crippen LogP contribution < -0.4 is 43.8 Å². The van der Waals surface area contributed by atoms with Crippen LogP contribution in [0.5, 0.6) is 0 Å². The fourth-order valence-electron chi connectivity index (χ4n) is 5.52. The van der Waals surface area contributed by atoms with E-state index >= 15 is 0 Å². The van der Waals surface area contributed by atoms with Crippen LogP contribution in [0, 0.1) is 0 Å². The minimum atomic E-state index is -1.35. The number of H-pyrrole nitrogens is 1. The van der Waals surface area contributed by atoms with Crippen LogP contribution in [0.2, 0.25) is 0 Å². The molecule has 0 unspecified atom stereocenters. The molecule has 17 nitrogen and oxygen atoms in total. The minimum absolute atomic E-state index is 0.00562. The third-order valence-electron chi connectivity index (χ3n) is 8.55. The van der Waals surface area contributed by atoms with Crippen LogP contribution >= 0.6 is 25.3 Å². The number of carbonyl (C=O) groups is 6. The van der Waals surface area contributed by atoms with Gasteiger partial charge < -0.3 is 53.9 Å². The van der Waals surface area contributed by atoms with Crippen molar-refractivity contribution in [1.82, 2.24) is 31.6 Å². The van der Waals surface area contributed by atoms with E-state index in [0.29, 0.717) is 16.9 Å². The number of aromatic amines is 1. The fraction of sp³-hybridized carbons (Fsp3) is 0.417. The molecule has 2 aromatic carbocycles. The molecule has 55 heavy (non-hydrogen) atoms. The number of para-hydroxylation sites is 1. The summed E-state index contributed by atoms with van der Waals surface area (Å²) in [5.41, 5.74) is 19.0. The zero-order chi connectivity index (χ0) is 40.5. The van der Waals surface area contributed by atoms with Gasteiger partial charge in [0.25, 0.3) is 0 Å². The van der Waals surface area contributed by atoms with Crippen molar-refractivity contribution < 1.29 is 33.9 Å². The lowest BCUT2D eigenvalue weighted by Gasteiger charge is -2.27. The summed E-state index contributed by atoms with van der Waals surface area (Å²) in [6, 6.07) is 9.08. The Morgan fingerprint density at radius 3 is 1.96 bits per heavy atom. The molecule has 0 aliphatic heterocycles. The normalized spacial score (nSPS) is 14.3. The van der Waals surface area contributed by atoms with Gasteiger partial charge in [-0.25, -0.2) is 4.79 Å². The summed E-state index contributed by atoms with van der Waals surface area (Å²) in [5, 5.41) is 23.4. The Bertz CT molecular complexity index is 1810. The van der Waals surface area contributed by atoms with E-state index in [-0.39, 0.29) is 50.4 Å². The number of carboxylic acid groups (broad SMARTS) is 1. The molecule has 3 aromatic rings. The number of carboxylic acids is 1. The van der Waals surface area contributed by atoms with Gasteiger partial charge in [-0.15, -0.1) is 0 Å². The van der Waals surface area contributed by atoms with E-state index in [4.69, 9.17) is 17.2 Å². The van der Waals surface area contributed by atoms with Gasteiger partial charge in [0.2, 0.25) is 29.5 Å². The minimum Gasteiger partial charge on any atom is -0.480 e. The SMILES string of the molecule is C[C@H](NC(=O)[C@@H](N)CCS)C(=O)N[C@H](Cc1ccccc1)C(=O)N[C@@H](CCCN=C(N)N)C(=O)N[C@@H](Cc1c[nH]c2ccccc12)C(=O)N[C@@H](CS)C(=O)O. The lowest BCUT2D eigenvalue weighted by molar-refractivity contribution is -0.141. The maximum atomic E-state index is 14.1. The monoisotopic (exact) mass is 798 g/mol. The van der Waals surface area contributed by atoms with Gasteiger partial charge in [-0.05, 0) is 49.1 Å². The molecule has 1 heterocycles. The van der Waals surface area contributed by atoms with Gasteiger partial charge in [-0.2, -0.15) is 25.3 Å². The Morgan fingerprint density at radius 2 is 1.33 bits per heavy atom. The second kappa shape index (κ2) is 22.2. The highest BCUT2D eigenvalue weighted by molar-refractivity contribution is 7.80. The number of amides is 5. The van der Waals surface area contributed by atoms with Gasteiger partial charge in [0.15, 0.2) is 5.96 Å². The van der Waals surface area contributed by atoms with Gasteiger partial charge in [-0.1, -0.05) is 48.5 Å². The molecular weight excluding hydrogens is 749 g/mol. The molecule has 19 heteroatoms. The van der Waals surface area contributed by atoms with Crippen molar-refractivity contribution in [3.05, 3.63) is 71.9 Å². The third kappa shape index (κ3) is 14.1. The Hall–Kier alpha value is -5.27. The molecular formula is C36H50N10O7S2. The first-order valence-electron chi connectivity index (χ1n) is 17.6. The summed E-state index contributed by atoms with van der Waals surface area (Å²) < 4.78 is 0. The van der Waals surface area contributed by atoms with Gasteiger partial charge in [0.1, 0.15) is 30.2 Å². The standard InChI is InChI=1S/C36H50N10O7S2/c1-20(42-31(48)24(37)13-15-54)30(47)44-27(16-21-8-3-2-4-9-21)33(50)43-26(12-7-14-40-36(38)39)32(49)45-28(34(51)46-29(19-55)35(52)53)17-22-18-41-25-11-6-5-10-23(22)25/h2-6,8-11,18,20,24,26-29,41,54-55H,7,12-17,19,37H2,1H3,(H,42,48)(H,43,50)(H,44,47)(H,45,49)(H,46,51)(H,52,53)(H4,38,39,40)/t20-,24-,26-,27+,28-,29-/m0/s1. The van der Waals surface area contributed by atoms with E-state index in [1.165, 1.54) is 6.92 Å². The smallest absolute Gasteiger partial charge is 0.327 e. The van der Waals surface area contributed by atoms with Crippen molar-refractivity contribution in [3.63, 3.8) is 0 Å². The highest BCUT2D eigenvalue weighted by Gasteiger charge is 2.32. The number of thiol groups is 2. The lowest BCUT2D eigenvalue weighted by atomic mass is 10.0. The zero-order valence-electron chi connectivity index (χ0n) is 30.4. The molecule has 0 aliphatic rings. The Labute approximate surface area is 329 Å². The Kier molecular flexibility index (Phi) is 17.8. The number of guanidine groups is 1. The number of nitrogens with two attached hydrogens (primary N) is 3. The average molecular weight is 799 g/mol. The maximum absolute atomic E-state index is 14.1. The summed E-state index contributed by atoms with van der Waals surface area (Å²) in [6.45, 7) is 1.56. The van der Waals surface area contributed by atoms with Crippen molar-refractivity contribution >= 4 is 77.6 Å². The second-order valence-electron chi connectivity index (χ2n) is 12.8. The summed E-state index contributed by atoms with van der Waals surface area (Å²) in [4.78, 5) is 86.3. The third-order valence-corrected chi connectivity index (χ3v) is 9.18. The quantitative estimate of drug-likeness (QED) is 0.0258. The highest BCUT2D eigenvalue weighted by Crippen LogP contribution is 2.19. The van der Waals surface area contributed by atoms with Crippen LogP contribution in [0.1, 0.15) is 37.3 Å². The van der Waals surface area contributed by atoms with Crippen LogP contribution in [0.3, 0.4) is 0 Å². The predicted octanol–water partition coefficient (Wildman–Crippen LogP) is -0.888. The van der Waals surface area contributed by atoms with Crippen molar-refractivity contribution in [2.45, 2.75) is 75.3 Å². The summed E-state index contributed by atoms with van der Waals surface area (Å²) in [6.07, 6.45) is 2.19. The van der Waals surface area contributed by atoms with Crippen LogP contribution in [0.25, 0.3) is 10.9 Å². The number of carbonyl (C=O) groups excluding carboxylic acids is 5. The predicted molar refractivity (Wildman–Crippen MR) is 215 cm³/mol. The zero-order valence-corrected chi connectivity index (χ0v) is 32.2. The largest absolute Gasteiger partial charge is 0.480 e. The van der Waals surface area contributed by atoms with E-state index in [1.54, 1.807) is 36.5 Å². The number of benzene rings is 2. The molecule has 5 amide bonds. The van der Waals surface area contributed by atoms with E-state index in [9.17, 15) is 33.9 Å². The van der Waals surface area contributed by atoms with Gasteiger partial charge in [-0.3, -0.25) is 29.0 Å². The van der Waals surface area contributed by atoms with Crippen molar-refractivity contribution in [1.29, 1.82) is 0 Å². The number of aliphatic carboxylic acids is 1. The molecule has 0 bridgehead atoms. The summed E-state index contributed by atoms with van der Waals surface area (Å²) >= 11 is 8.13. The molecule has 3 rings (SSSR count). The van der Waals surface area contributed by atoms with Crippen molar-refractivity contribution in [2.24, 2.45) is 22.2 Å². The van der Waals surface area contributed by atoms with Crippen molar-refractivity contribution in [3.8, 4) is 0 Å². The van der Waals surface area contributed by atoms with Crippen LogP contribution in [-0.2, 0) is 41.6 Å². The van der Waals surface area contributed by atoms with Gasteiger partial charge in [0.05, 0.1) is 6.04 Å². The molecule has 6 atom stereocenters. The van der Waals surface area contributed by atoms with E-state index < -0.39 is 71.8 Å². The van der Waals surface area contributed by atoms with Crippen molar-refractivity contribution in [2.75, 3.05) is 18.1 Å². The number of rotatable bonds is 22. The molecule has 1 aromatic heterocycles. The Balaban J connectivity index is 1.91. The molecule has 0 spiro atoms. The van der Waals surface area contributed by atoms with Crippen LogP contribution in [0.15, 0.2) is 65.8 Å². The topological polar surface area (TPSA) is 289 Å². The van der Waals surface area contributed by atoms with Gasteiger partial charge in [0, 0.05) is 42.2 Å². The summed E-state index contributed by atoms with van der Waals surface area (Å²) in [7, 11) is 0. The lowest BCUT2D eigenvalue weighted by Crippen LogP contribution is -2.59. The first kappa shape index (κ1) is 44.1. The molecule has 0 saturated carbocycles. The molecule has 298 valence electrons. The molecule has 0 radical (unpaired) electrons. The molecule has 13 N–H and O–H groups in total. The number of hydrogen-bond acceptors (Lipinski definition) is 10. The first-order valence-corrected chi connectivity index (χ1v) is 18.9. The number of nitrogens with zero attached hydrogens (tertiary/aromatic N) is 1. The number of aliphatic imine (C=N–C) groups is 1. The maximum Gasteiger partial charge on any atom is 0.327 e. The second-order valence-corrected chi connectivity index (χ2v) is 13.6. The fourth-order valence-corrected chi connectivity index (χ4v) is 6.04. The van der Waals surface area contributed by atoms with E-state index in [2.05, 4.69) is 61.8 Å². The summed E-state index contributed by atoms with van der Waals surface area (Å²) in [5.74, 6) is -4.85. The Morgan fingerprint density at radius 1 is 0.745 bits per heavy atom. The first-order chi connectivity index (χ1) is 26.2. The molecule has 0 fully saturated rings. The van der Waals surface area contributed by atoms with E-state index in [0.717, 1.165) is 10.9 Å². The molecule has 0 aliphatic carbocycles. The number of hydrogen-bond donors (Lipinski definition) is 12.